The summed E-state index contributed by atoms with van der Waals surface area (Å²) in [6.45, 7) is 3.09. The summed E-state index contributed by atoms with van der Waals surface area (Å²) in [5.74, 6) is 0.494. The SMILES string of the molecule is C[C@@H](CO)NCc1ccc(OCc2cccc(F)c2)cc1. The van der Waals surface area contributed by atoms with E-state index < -0.39 is 0 Å². The monoisotopic (exact) mass is 289 g/mol. The van der Waals surface area contributed by atoms with Gasteiger partial charge < -0.3 is 15.2 Å². The predicted molar refractivity (Wildman–Crippen MR) is 80.6 cm³/mol. The van der Waals surface area contributed by atoms with E-state index in [4.69, 9.17) is 9.84 Å². The van der Waals surface area contributed by atoms with Crippen LogP contribution in [0, 0.1) is 5.82 Å². The molecule has 0 unspecified atom stereocenters. The highest BCUT2D eigenvalue weighted by Crippen LogP contribution is 2.14. The first kappa shape index (κ1) is 15.5. The fraction of sp³-hybridized carbons (Fsp3) is 0.294. The number of halogens is 1. The number of ether oxygens (including phenoxy) is 1. The number of nitrogens with one attached hydrogen (secondary N) is 1. The van der Waals surface area contributed by atoms with E-state index in [2.05, 4.69) is 5.32 Å². The number of benzene rings is 2. The maximum atomic E-state index is 13.0. The van der Waals surface area contributed by atoms with Crippen LogP contribution < -0.4 is 10.1 Å². The van der Waals surface area contributed by atoms with Gasteiger partial charge in [0.2, 0.25) is 0 Å². The average Bonchev–Trinajstić information content (AvgIpc) is 2.51. The van der Waals surface area contributed by atoms with Gasteiger partial charge in [-0.25, -0.2) is 4.39 Å². The second-order valence-corrected chi connectivity index (χ2v) is 5.03. The first-order chi connectivity index (χ1) is 10.2. The van der Waals surface area contributed by atoms with Crippen LogP contribution in [0.25, 0.3) is 0 Å². The standard InChI is InChI=1S/C17H20FNO2/c1-13(11-20)19-10-14-5-7-17(8-6-14)21-12-15-3-2-4-16(18)9-15/h2-9,13,19-20H,10-12H2,1H3/t13-/m0/s1. The van der Waals surface area contributed by atoms with E-state index in [1.165, 1.54) is 12.1 Å². The second kappa shape index (κ2) is 7.76. The van der Waals surface area contributed by atoms with Crippen LogP contribution in [0.15, 0.2) is 48.5 Å². The molecule has 0 bridgehead atoms. The largest absolute Gasteiger partial charge is 0.489 e. The summed E-state index contributed by atoms with van der Waals surface area (Å²) >= 11 is 0. The van der Waals surface area contributed by atoms with Gasteiger partial charge in [-0.2, -0.15) is 0 Å². The van der Waals surface area contributed by atoms with Crippen molar-refractivity contribution in [1.29, 1.82) is 0 Å². The first-order valence-corrected chi connectivity index (χ1v) is 6.98. The number of aliphatic hydroxyl groups is 1. The van der Waals surface area contributed by atoms with Crippen molar-refractivity contribution in [3.05, 3.63) is 65.5 Å². The van der Waals surface area contributed by atoms with Crippen molar-refractivity contribution in [2.24, 2.45) is 0 Å². The highest BCUT2D eigenvalue weighted by atomic mass is 19.1. The molecule has 2 N–H and O–H groups in total. The van der Waals surface area contributed by atoms with Crippen LogP contribution in [0.4, 0.5) is 4.39 Å². The Hall–Kier alpha value is -1.91. The molecule has 4 heteroatoms. The zero-order valence-corrected chi connectivity index (χ0v) is 12.1. The van der Waals surface area contributed by atoms with E-state index >= 15 is 0 Å². The Labute approximate surface area is 124 Å². The van der Waals surface area contributed by atoms with Crippen molar-refractivity contribution in [1.82, 2.24) is 5.32 Å². The van der Waals surface area contributed by atoms with Crippen LogP contribution in [-0.2, 0) is 13.2 Å². The third-order valence-electron chi connectivity index (χ3n) is 3.15. The quantitative estimate of drug-likeness (QED) is 0.823. The second-order valence-electron chi connectivity index (χ2n) is 5.03. The summed E-state index contributed by atoms with van der Waals surface area (Å²) in [6, 6.07) is 14.2. The van der Waals surface area contributed by atoms with Gasteiger partial charge in [0.05, 0.1) is 6.61 Å². The van der Waals surface area contributed by atoms with Crippen molar-refractivity contribution in [3.8, 4) is 5.75 Å². The summed E-state index contributed by atoms with van der Waals surface area (Å²) in [6.07, 6.45) is 0. The van der Waals surface area contributed by atoms with Crippen molar-refractivity contribution >= 4 is 0 Å². The van der Waals surface area contributed by atoms with E-state index in [0.29, 0.717) is 13.2 Å². The van der Waals surface area contributed by atoms with Gasteiger partial charge in [0.1, 0.15) is 18.2 Å². The predicted octanol–water partition coefficient (Wildman–Crippen LogP) is 2.88. The number of hydrogen-bond donors (Lipinski definition) is 2. The third-order valence-corrected chi connectivity index (χ3v) is 3.15. The van der Waals surface area contributed by atoms with E-state index in [1.54, 1.807) is 6.07 Å². The normalized spacial score (nSPS) is 12.1. The maximum Gasteiger partial charge on any atom is 0.123 e. The van der Waals surface area contributed by atoms with Crippen LogP contribution in [0.2, 0.25) is 0 Å². The average molecular weight is 289 g/mol. The Bertz CT molecular complexity index is 557. The highest BCUT2D eigenvalue weighted by Gasteiger charge is 2.01. The zero-order chi connectivity index (χ0) is 15.1. The van der Waals surface area contributed by atoms with Crippen LogP contribution in [0.5, 0.6) is 5.75 Å². The molecule has 0 aliphatic heterocycles. The summed E-state index contributed by atoms with van der Waals surface area (Å²) in [4.78, 5) is 0. The molecule has 0 radical (unpaired) electrons. The summed E-state index contributed by atoms with van der Waals surface area (Å²) in [5.41, 5.74) is 1.92. The molecule has 1 atom stereocenters. The zero-order valence-electron chi connectivity index (χ0n) is 12.1. The van der Waals surface area contributed by atoms with Gasteiger partial charge in [0.15, 0.2) is 0 Å². The fourth-order valence-corrected chi connectivity index (χ4v) is 1.85. The van der Waals surface area contributed by atoms with Crippen LogP contribution in [0.3, 0.4) is 0 Å². The maximum absolute atomic E-state index is 13.0. The van der Waals surface area contributed by atoms with Crippen molar-refractivity contribution in [2.45, 2.75) is 26.1 Å². The van der Waals surface area contributed by atoms with Gasteiger partial charge >= 0.3 is 0 Å². The number of aliphatic hydroxyl groups excluding tert-OH is 1. The lowest BCUT2D eigenvalue weighted by Gasteiger charge is -2.11. The van der Waals surface area contributed by atoms with E-state index in [9.17, 15) is 4.39 Å². The van der Waals surface area contributed by atoms with Crippen LogP contribution in [0.1, 0.15) is 18.1 Å². The van der Waals surface area contributed by atoms with Gasteiger partial charge in [-0.1, -0.05) is 24.3 Å². The first-order valence-electron chi connectivity index (χ1n) is 6.98. The lowest BCUT2D eigenvalue weighted by molar-refractivity contribution is 0.251. The minimum absolute atomic E-state index is 0.0777. The lowest BCUT2D eigenvalue weighted by Crippen LogP contribution is -2.28. The van der Waals surface area contributed by atoms with Gasteiger partial charge in [-0.3, -0.25) is 0 Å². The summed E-state index contributed by atoms with van der Waals surface area (Å²) in [7, 11) is 0. The summed E-state index contributed by atoms with van der Waals surface area (Å²) < 4.78 is 18.7. The molecule has 112 valence electrons. The van der Waals surface area contributed by atoms with Crippen molar-refractivity contribution in [2.75, 3.05) is 6.61 Å². The minimum Gasteiger partial charge on any atom is -0.489 e. The van der Waals surface area contributed by atoms with Crippen LogP contribution in [-0.4, -0.2) is 17.8 Å². The molecule has 0 amide bonds. The molecular formula is C17H20FNO2. The van der Waals surface area contributed by atoms with Gasteiger partial charge in [0.25, 0.3) is 0 Å². The van der Waals surface area contributed by atoms with E-state index in [1.807, 2.05) is 37.3 Å². The highest BCUT2D eigenvalue weighted by molar-refractivity contribution is 5.27. The molecule has 0 spiro atoms. The third kappa shape index (κ3) is 5.17. The molecule has 0 saturated carbocycles. The molecule has 0 aliphatic rings. The summed E-state index contributed by atoms with van der Waals surface area (Å²) in [5, 5.41) is 12.1. The molecule has 2 aromatic rings. The molecule has 0 aliphatic carbocycles. The Morgan fingerprint density at radius 1 is 1.14 bits per heavy atom. The van der Waals surface area contributed by atoms with E-state index in [-0.39, 0.29) is 18.5 Å². The van der Waals surface area contributed by atoms with Gasteiger partial charge in [0, 0.05) is 12.6 Å². The molecule has 21 heavy (non-hydrogen) atoms. The number of rotatable bonds is 7. The van der Waals surface area contributed by atoms with Gasteiger partial charge in [-0.15, -0.1) is 0 Å². The van der Waals surface area contributed by atoms with Crippen molar-refractivity contribution in [3.63, 3.8) is 0 Å². The molecule has 2 rings (SSSR count). The topological polar surface area (TPSA) is 41.5 Å². The lowest BCUT2D eigenvalue weighted by atomic mass is 10.2. The Morgan fingerprint density at radius 3 is 2.57 bits per heavy atom. The van der Waals surface area contributed by atoms with Gasteiger partial charge in [-0.05, 0) is 42.3 Å². The Morgan fingerprint density at radius 2 is 1.90 bits per heavy atom. The minimum atomic E-state index is -0.254. The molecule has 0 fully saturated rings. The smallest absolute Gasteiger partial charge is 0.123 e. The Balaban J connectivity index is 1.85. The van der Waals surface area contributed by atoms with Crippen LogP contribution >= 0.6 is 0 Å². The Kier molecular flexibility index (Phi) is 5.72. The molecule has 3 nitrogen and oxygen atoms in total. The number of hydrogen-bond acceptors (Lipinski definition) is 3. The van der Waals surface area contributed by atoms with Crippen molar-refractivity contribution < 1.29 is 14.2 Å². The molecular weight excluding hydrogens is 269 g/mol. The molecule has 2 aromatic carbocycles. The van der Waals surface area contributed by atoms with E-state index in [0.717, 1.165) is 16.9 Å². The molecule has 0 saturated heterocycles. The fourth-order valence-electron chi connectivity index (χ4n) is 1.85. The molecule has 0 heterocycles. The molecule has 0 aromatic heterocycles.